The van der Waals surface area contributed by atoms with Gasteiger partial charge in [0, 0.05) is 16.1 Å². The Balaban J connectivity index is 2.28. The lowest BCUT2D eigenvalue weighted by atomic mass is 10.1. The molecule has 6 heteroatoms. The zero-order valence-corrected chi connectivity index (χ0v) is 11.4. The van der Waals surface area contributed by atoms with E-state index in [2.05, 4.69) is 0 Å². The number of carbonyl (C=O) groups excluding carboxylic acids is 1. The van der Waals surface area contributed by atoms with E-state index in [1.54, 1.807) is 0 Å². The first-order valence-corrected chi connectivity index (χ1v) is 6.32. The second-order valence-electron chi connectivity index (χ2n) is 4.28. The van der Waals surface area contributed by atoms with Gasteiger partial charge in [-0.3, -0.25) is 4.79 Å². The van der Waals surface area contributed by atoms with E-state index in [1.807, 2.05) is 0 Å². The Kier molecular flexibility index (Phi) is 4.53. The molecule has 0 saturated heterocycles. The van der Waals surface area contributed by atoms with Gasteiger partial charge in [-0.1, -0.05) is 23.7 Å². The highest BCUT2D eigenvalue weighted by molar-refractivity contribution is 6.30. The number of carbonyl (C=O) groups is 1. The van der Waals surface area contributed by atoms with Crippen molar-refractivity contribution in [2.24, 2.45) is 0 Å². The van der Waals surface area contributed by atoms with Crippen molar-refractivity contribution in [2.75, 3.05) is 0 Å². The van der Waals surface area contributed by atoms with Crippen LogP contribution in [-0.4, -0.2) is 12.5 Å². The lowest BCUT2D eigenvalue weighted by molar-refractivity contribution is -0.198. The summed E-state index contributed by atoms with van der Waals surface area (Å²) in [5.41, 5.74) is 0.309. The molecule has 0 spiro atoms. The van der Waals surface area contributed by atoms with Crippen molar-refractivity contribution in [3.05, 3.63) is 64.7 Å². The van der Waals surface area contributed by atoms with Gasteiger partial charge in [-0.2, -0.15) is 13.2 Å². The summed E-state index contributed by atoms with van der Waals surface area (Å²) in [6.07, 6.45) is -6.07. The van der Waals surface area contributed by atoms with Crippen molar-refractivity contribution in [3.63, 3.8) is 0 Å². The van der Waals surface area contributed by atoms with Gasteiger partial charge in [0.1, 0.15) is 12.0 Å². The molecule has 0 aliphatic rings. The van der Waals surface area contributed by atoms with E-state index in [1.165, 1.54) is 48.5 Å². The van der Waals surface area contributed by atoms with Gasteiger partial charge in [-0.05, 0) is 36.4 Å². The van der Waals surface area contributed by atoms with E-state index >= 15 is 0 Å². The molecule has 1 atom stereocenters. The predicted molar refractivity (Wildman–Crippen MR) is 72.7 cm³/mol. The van der Waals surface area contributed by atoms with Crippen LogP contribution in [-0.2, 0) is 0 Å². The number of halogens is 4. The molecule has 21 heavy (non-hydrogen) atoms. The van der Waals surface area contributed by atoms with E-state index in [4.69, 9.17) is 16.3 Å². The van der Waals surface area contributed by atoms with Crippen molar-refractivity contribution in [3.8, 4) is 5.75 Å². The molecule has 0 saturated carbocycles. The average molecular weight is 315 g/mol. The van der Waals surface area contributed by atoms with Crippen molar-refractivity contribution >= 4 is 17.9 Å². The first-order chi connectivity index (χ1) is 9.90. The van der Waals surface area contributed by atoms with Gasteiger partial charge in [0.15, 0.2) is 0 Å². The summed E-state index contributed by atoms with van der Waals surface area (Å²) >= 11 is 5.67. The van der Waals surface area contributed by atoms with Gasteiger partial charge in [-0.15, -0.1) is 0 Å². The summed E-state index contributed by atoms with van der Waals surface area (Å²) in [6, 6.07) is 10.7. The van der Waals surface area contributed by atoms with Crippen molar-refractivity contribution < 1.29 is 22.7 Å². The Morgan fingerprint density at radius 2 is 1.57 bits per heavy atom. The van der Waals surface area contributed by atoms with E-state index in [0.29, 0.717) is 16.9 Å². The monoisotopic (exact) mass is 314 g/mol. The van der Waals surface area contributed by atoms with E-state index in [0.717, 1.165) is 0 Å². The van der Waals surface area contributed by atoms with Gasteiger partial charge in [0.05, 0.1) is 0 Å². The molecule has 1 unspecified atom stereocenters. The third-order valence-corrected chi connectivity index (χ3v) is 2.99. The van der Waals surface area contributed by atoms with Crippen LogP contribution in [0.2, 0.25) is 5.02 Å². The Bertz CT molecular complexity index is 606. The molecule has 0 N–H and O–H groups in total. The van der Waals surface area contributed by atoms with Crippen LogP contribution in [0.1, 0.15) is 22.0 Å². The summed E-state index contributed by atoms with van der Waals surface area (Å²) in [5.74, 6) is 0.0258. The van der Waals surface area contributed by atoms with Gasteiger partial charge in [0.2, 0.25) is 6.10 Å². The molecule has 0 radical (unpaired) electrons. The van der Waals surface area contributed by atoms with Crippen molar-refractivity contribution in [1.82, 2.24) is 0 Å². The minimum absolute atomic E-state index is 0.0258. The maximum absolute atomic E-state index is 13.1. The summed E-state index contributed by atoms with van der Waals surface area (Å²) in [5, 5.41) is 0.343. The van der Waals surface area contributed by atoms with E-state index in [-0.39, 0.29) is 11.3 Å². The van der Waals surface area contributed by atoms with Crippen molar-refractivity contribution in [1.29, 1.82) is 0 Å². The van der Waals surface area contributed by atoms with Crippen LogP contribution in [0.3, 0.4) is 0 Å². The summed E-state index contributed by atoms with van der Waals surface area (Å²) in [7, 11) is 0. The first kappa shape index (κ1) is 15.4. The Labute approximate surface area is 124 Å². The average Bonchev–Trinajstić information content (AvgIpc) is 2.45. The van der Waals surface area contributed by atoms with Crippen LogP contribution >= 0.6 is 11.6 Å². The molecule has 0 fully saturated rings. The highest BCUT2D eigenvalue weighted by Gasteiger charge is 2.43. The fourth-order valence-corrected chi connectivity index (χ4v) is 1.85. The van der Waals surface area contributed by atoms with Crippen molar-refractivity contribution in [2.45, 2.75) is 12.3 Å². The van der Waals surface area contributed by atoms with Crippen LogP contribution in [0.5, 0.6) is 5.75 Å². The SMILES string of the molecule is O=Cc1ccc(OC(c2ccc(Cl)cc2)C(F)(F)F)cc1. The predicted octanol–water partition coefficient (Wildman–Crippen LogP) is 4.83. The highest BCUT2D eigenvalue weighted by atomic mass is 35.5. The number of benzene rings is 2. The maximum Gasteiger partial charge on any atom is 0.429 e. The molecule has 0 heterocycles. The normalized spacial score (nSPS) is 12.8. The molecule has 110 valence electrons. The van der Waals surface area contributed by atoms with Crippen LogP contribution in [0.25, 0.3) is 0 Å². The lowest BCUT2D eigenvalue weighted by Crippen LogP contribution is -2.26. The molecule has 0 aliphatic carbocycles. The molecular weight excluding hydrogens is 305 g/mol. The quantitative estimate of drug-likeness (QED) is 0.755. The van der Waals surface area contributed by atoms with Gasteiger partial charge in [0.25, 0.3) is 0 Å². The van der Waals surface area contributed by atoms with Crippen LogP contribution in [0, 0.1) is 0 Å². The third-order valence-electron chi connectivity index (χ3n) is 2.74. The van der Waals surface area contributed by atoms with E-state index < -0.39 is 12.3 Å². The molecular formula is C15H10ClF3O2. The fourth-order valence-electron chi connectivity index (χ4n) is 1.72. The standard InChI is InChI=1S/C15H10ClF3O2/c16-12-5-3-11(4-6-12)14(15(17,18)19)21-13-7-1-10(9-20)2-8-13/h1-9,14H. The lowest BCUT2D eigenvalue weighted by Gasteiger charge is -2.22. The first-order valence-electron chi connectivity index (χ1n) is 5.94. The zero-order valence-electron chi connectivity index (χ0n) is 10.6. The third kappa shape index (κ3) is 3.98. The fraction of sp³-hybridized carbons (Fsp3) is 0.133. The largest absolute Gasteiger partial charge is 0.476 e. The molecule has 2 nitrogen and oxygen atoms in total. The number of rotatable bonds is 4. The van der Waals surface area contributed by atoms with Gasteiger partial charge < -0.3 is 4.74 Å². The number of ether oxygens (including phenoxy) is 1. The summed E-state index contributed by atoms with van der Waals surface area (Å²) in [6.45, 7) is 0. The Morgan fingerprint density at radius 3 is 2.05 bits per heavy atom. The number of hydrogen-bond acceptors (Lipinski definition) is 2. The molecule has 0 aliphatic heterocycles. The van der Waals surface area contributed by atoms with Crippen LogP contribution in [0.4, 0.5) is 13.2 Å². The molecule has 2 aromatic rings. The zero-order chi connectivity index (χ0) is 15.5. The summed E-state index contributed by atoms with van der Waals surface area (Å²) in [4.78, 5) is 10.5. The highest BCUT2D eigenvalue weighted by Crippen LogP contribution is 2.37. The maximum atomic E-state index is 13.1. The van der Waals surface area contributed by atoms with E-state index in [9.17, 15) is 18.0 Å². The second kappa shape index (κ2) is 6.18. The molecule has 0 aromatic heterocycles. The van der Waals surface area contributed by atoms with Gasteiger partial charge in [-0.25, -0.2) is 0 Å². The Hall–Kier alpha value is -2.01. The molecule has 0 amide bonds. The minimum atomic E-state index is -4.57. The van der Waals surface area contributed by atoms with Gasteiger partial charge >= 0.3 is 6.18 Å². The molecule has 0 bridgehead atoms. The molecule has 2 aromatic carbocycles. The summed E-state index contributed by atoms with van der Waals surface area (Å²) < 4.78 is 44.4. The smallest absolute Gasteiger partial charge is 0.429 e. The minimum Gasteiger partial charge on any atom is -0.476 e. The number of hydrogen-bond donors (Lipinski definition) is 0. The topological polar surface area (TPSA) is 26.3 Å². The van der Waals surface area contributed by atoms with Crippen LogP contribution in [0.15, 0.2) is 48.5 Å². The second-order valence-corrected chi connectivity index (χ2v) is 4.71. The number of aldehydes is 1. The number of alkyl halides is 3. The molecule has 2 rings (SSSR count). The Morgan fingerprint density at radius 1 is 1.00 bits per heavy atom. The van der Waals surface area contributed by atoms with Crippen LogP contribution < -0.4 is 4.74 Å².